The molecule has 0 saturated carbocycles. The Morgan fingerprint density at radius 1 is 1.57 bits per heavy atom. The number of thioether (sulfide) groups is 1. The van der Waals surface area contributed by atoms with Gasteiger partial charge in [-0.15, -0.1) is 23.1 Å². The van der Waals surface area contributed by atoms with E-state index in [4.69, 9.17) is 10.5 Å². The summed E-state index contributed by atoms with van der Waals surface area (Å²) < 4.78 is 5.73. The van der Waals surface area contributed by atoms with Gasteiger partial charge < -0.3 is 15.4 Å². The van der Waals surface area contributed by atoms with Crippen molar-refractivity contribution < 1.29 is 9.53 Å². The number of rotatable bonds is 5. The van der Waals surface area contributed by atoms with Crippen LogP contribution in [0.3, 0.4) is 0 Å². The van der Waals surface area contributed by atoms with Crippen molar-refractivity contribution in [2.24, 2.45) is 5.92 Å². The Bertz CT molecular complexity index is 514. The van der Waals surface area contributed by atoms with Crippen molar-refractivity contribution >= 4 is 39.6 Å². The molecule has 1 fully saturated rings. The van der Waals surface area contributed by atoms with Gasteiger partial charge in [-0.05, 0) is 12.7 Å². The summed E-state index contributed by atoms with van der Waals surface area (Å²) >= 11 is 3.17. The van der Waals surface area contributed by atoms with Gasteiger partial charge in [0, 0.05) is 19.0 Å². The monoisotopic (exact) mass is 328 g/mol. The van der Waals surface area contributed by atoms with Crippen LogP contribution in [-0.2, 0) is 4.74 Å². The maximum Gasteiger partial charge on any atom is 0.177 e. The normalized spacial score (nSPS) is 19.3. The number of hydrogen-bond acceptors (Lipinski definition) is 6. The predicted molar refractivity (Wildman–Crippen MR) is 91.9 cm³/mol. The minimum absolute atomic E-state index is 0.0263. The topological polar surface area (TPSA) is 55.6 Å². The van der Waals surface area contributed by atoms with Crippen LogP contribution in [0.15, 0.2) is 4.90 Å². The van der Waals surface area contributed by atoms with Gasteiger partial charge in [-0.2, -0.15) is 0 Å². The van der Waals surface area contributed by atoms with Crippen LogP contribution in [-0.4, -0.2) is 37.8 Å². The van der Waals surface area contributed by atoms with Crippen LogP contribution in [0.4, 0.5) is 10.7 Å². The molecule has 6 heteroatoms. The molecule has 0 spiro atoms. The Balaban J connectivity index is 2.35. The van der Waals surface area contributed by atoms with Gasteiger partial charge in [0.2, 0.25) is 0 Å². The Morgan fingerprint density at radius 2 is 2.29 bits per heavy atom. The molecule has 1 aromatic rings. The number of morpholine rings is 1. The fourth-order valence-corrected chi connectivity index (χ4v) is 4.72. The van der Waals surface area contributed by atoms with Gasteiger partial charge in [0.25, 0.3) is 0 Å². The lowest BCUT2D eigenvalue weighted by Crippen LogP contribution is -2.42. The highest BCUT2D eigenvalue weighted by Gasteiger charge is 2.28. The average Bonchev–Trinajstić information content (AvgIpc) is 2.83. The summed E-state index contributed by atoms with van der Waals surface area (Å²) in [6.07, 6.45) is 3.29. The lowest BCUT2D eigenvalue weighted by atomic mass is 10.1. The number of ketones is 1. The second-order valence-electron chi connectivity index (χ2n) is 5.55. The Kier molecular flexibility index (Phi) is 5.57. The van der Waals surface area contributed by atoms with E-state index in [9.17, 15) is 4.79 Å². The number of nitrogen functional groups attached to an aromatic ring is 1. The minimum Gasteiger partial charge on any atom is -0.396 e. The van der Waals surface area contributed by atoms with Crippen molar-refractivity contribution in [2.75, 3.05) is 36.6 Å². The van der Waals surface area contributed by atoms with Crippen LogP contribution in [0.5, 0.6) is 0 Å². The molecule has 2 N–H and O–H groups in total. The molecule has 0 aliphatic carbocycles. The zero-order chi connectivity index (χ0) is 15.6. The van der Waals surface area contributed by atoms with Crippen molar-refractivity contribution in [2.45, 2.75) is 38.2 Å². The fraction of sp³-hybridized carbons (Fsp3) is 0.667. The Hall–Kier alpha value is -0.720. The number of carbonyl (C=O) groups is 1. The zero-order valence-electron chi connectivity index (χ0n) is 13.1. The van der Waals surface area contributed by atoms with E-state index in [1.54, 1.807) is 23.1 Å². The first-order chi connectivity index (χ1) is 9.99. The molecular weight excluding hydrogens is 304 g/mol. The van der Waals surface area contributed by atoms with E-state index in [1.165, 1.54) is 0 Å². The van der Waals surface area contributed by atoms with E-state index in [2.05, 4.69) is 11.8 Å². The molecule has 1 aliphatic rings. The molecule has 1 aliphatic heterocycles. The van der Waals surface area contributed by atoms with E-state index in [0.29, 0.717) is 10.6 Å². The summed E-state index contributed by atoms with van der Waals surface area (Å²) in [5.74, 6) is 0.112. The Labute approximate surface area is 135 Å². The Morgan fingerprint density at radius 3 is 2.86 bits per heavy atom. The van der Waals surface area contributed by atoms with Gasteiger partial charge in [0.1, 0.15) is 5.00 Å². The molecule has 0 bridgehead atoms. The number of thiophene rings is 1. The molecular formula is C15H24N2O2S2. The smallest absolute Gasteiger partial charge is 0.177 e. The van der Waals surface area contributed by atoms with Gasteiger partial charge in [0.05, 0.1) is 28.2 Å². The van der Waals surface area contributed by atoms with Crippen molar-refractivity contribution in [1.29, 1.82) is 0 Å². The molecule has 1 unspecified atom stereocenters. The predicted octanol–water partition coefficient (Wildman–Crippen LogP) is 3.51. The third-order valence-electron chi connectivity index (χ3n) is 3.72. The molecule has 1 saturated heterocycles. The molecule has 21 heavy (non-hydrogen) atoms. The molecule has 0 radical (unpaired) electrons. The molecule has 1 atom stereocenters. The molecule has 1 aromatic heterocycles. The third-order valence-corrected chi connectivity index (χ3v) is 5.95. The lowest BCUT2D eigenvalue weighted by Gasteiger charge is -2.33. The van der Waals surface area contributed by atoms with Crippen LogP contribution >= 0.6 is 23.1 Å². The number of Topliss-reactive ketones (excluding diaryl/α,β-unsaturated/α-hetero) is 1. The quantitative estimate of drug-likeness (QED) is 0.662. The average molecular weight is 329 g/mol. The SMILES string of the molecule is CCC1CN(c2sc(C(=O)C(C)C)c(N)c2SC)CCO1. The van der Waals surface area contributed by atoms with Crippen LogP contribution < -0.4 is 10.6 Å². The highest BCUT2D eigenvalue weighted by Crippen LogP contribution is 2.45. The van der Waals surface area contributed by atoms with Gasteiger partial charge in [-0.1, -0.05) is 20.8 Å². The highest BCUT2D eigenvalue weighted by atomic mass is 32.2. The first-order valence-corrected chi connectivity index (χ1v) is 9.40. The highest BCUT2D eigenvalue weighted by molar-refractivity contribution is 7.99. The standard InChI is InChI=1S/C15H24N2O2S2/c1-5-10-8-17(6-7-19-10)15-14(20-4)11(16)13(21-15)12(18)9(2)3/h9-10H,5-8,16H2,1-4H3. The lowest BCUT2D eigenvalue weighted by molar-refractivity contribution is 0.0385. The van der Waals surface area contributed by atoms with E-state index in [0.717, 1.165) is 36.0 Å². The van der Waals surface area contributed by atoms with Gasteiger partial charge in [0.15, 0.2) is 5.78 Å². The van der Waals surface area contributed by atoms with Gasteiger partial charge in [-0.3, -0.25) is 4.79 Å². The second-order valence-corrected chi connectivity index (χ2v) is 7.36. The van der Waals surface area contributed by atoms with Gasteiger partial charge in [-0.25, -0.2) is 0 Å². The van der Waals surface area contributed by atoms with Crippen molar-refractivity contribution in [1.82, 2.24) is 0 Å². The van der Waals surface area contributed by atoms with Crippen molar-refractivity contribution in [3.05, 3.63) is 4.88 Å². The third kappa shape index (κ3) is 3.38. The summed E-state index contributed by atoms with van der Waals surface area (Å²) in [5, 5.41) is 1.13. The van der Waals surface area contributed by atoms with Crippen molar-refractivity contribution in [3.8, 4) is 0 Å². The summed E-state index contributed by atoms with van der Waals surface area (Å²) in [6, 6.07) is 0. The number of nitrogens with two attached hydrogens (primary N) is 1. The maximum atomic E-state index is 12.3. The van der Waals surface area contributed by atoms with Crippen LogP contribution in [0.1, 0.15) is 36.9 Å². The van der Waals surface area contributed by atoms with Gasteiger partial charge >= 0.3 is 0 Å². The summed E-state index contributed by atoms with van der Waals surface area (Å²) in [6.45, 7) is 8.44. The first kappa shape index (κ1) is 16.6. The van der Waals surface area contributed by atoms with Crippen LogP contribution in [0.25, 0.3) is 0 Å². The molecule has 4 nitrogen and oxygen atoms in total. The van der Waals surface area contributed by atoms with E-state index < -0.39 is 0 Å². The molecule has 118 valence electrons. The second kappa shape index (κ2) is 7.03. The van der Waals surface area contributed by atoms with Crippen LogP contribution in [0, 0.1) is 5.92 Å². The zero-order valence-corrected chi connectivity index (χ0v) is 14.8. The van der Waals surface area contributed by atoms with E-state index in [1.807, 2.05) is 20.1 Å². The largest absolute Gasteiger partial charge is 0.396 e. The molecule has 2 heterocycles. The van der Waals surface area contributed by atoms with Crippen molar-refractivity contribution in [3.63, 3.8) is 0 Å². The summed E-state index contributed by atoms with van der Waals surface area (Å²) in [7, 11) is 0. The maximum absolute atomic E-state index is 12.3. The first-order valence-electron chi connectivity index (χ1n) is 7.36. The summed E-state index contributed by atoms with van der Waals surface area (Å²) in [4.78, 5) is 16.4. The van der Waals surface area contributed by atoms with Crippen LogP contribution in [0.2, 0.25) is 0 Å². The minimum atomic E-state index is -0.0263. The molecule has 0 amide bonds. The fourth-order valence-electron chi connectivity index (χ4n) is 2.42. The van der Waals surface area contributed by atoms with E-state index in [-0.39, 0.29) is 17.8 Å². The summed E-state index contributed by atoms with van der Waals surface area (Å²) in [5.41, 5.74) is 6.89. The number of nitrogens with zero attached hydrogens (tertiary/aromatic N) is 1. The number of anilines is 2. The van der Waals surface area contributed by atoms with E-state index >= 15 is 0 Å². The number of hydrogen-bond donors (Lipinski definition) is 1. The molecule has 0 aromatic carbocycles. The molecule has 2 rings (SSSR count). The number of carbonyl (C=O) groups excluding carboxylic acids is 1. The number of ether oxygens (including phenoxy) is 1.